The Morgan fingerprint density at radius 3 is 2.67 bits per heavy atom. The summed E-state index contributed by atoms with van der Waals surface area (Å²) in [5.74, 6) is 0. The fourth-order valence-corrected chi connectivity index (χ4v) is 1.19. The fraction of sp³-hybridized carbons (Fsp3) is 0.857. The van der Waals surface area contributed by atoms with Gasteiger partial charge in [-0.1, -0.05) is 6.92 Å². The molecule has 1 fully saturated rings. The van der Waals surface area contributed by atoms with Gasteiger partial charge in [-0.2, -0.15) is 0 Å². The zero-order chi connectivity index (χ0) is 6.91. The first-order valence-corrected chi connectivity index (χ1v) is 3.24. The van der Waals surface area contributed by atoms with Crippen LogP contribution in [0.3, 0.4) is 0 Å². The number of carbonyl (C=O) groups is 1. The molecule has 1 aliphatic heterocycles. The Kier molecular flexibility index (Phi) is 1.58. The fourth-order valence-electron chi connectivity index (χ4n) is 1.19. The molecule has 0 aromatic heterocycles. The van der Waals surface area contributed by atoms with Crippen molar-refractivity contribution in [1.29, 1.82) is 0 Å². The second-order valence-corrected chi connectivity index (χ2v) is 3.10. The van der Waals surface area contributed by atoms with E-state index in [4.69, 9.17) is 4.74 Å². The molecular weight excluding hydrogens is 116 g/mol. The van der Waals surface area contributed by atoms with Gasteiger partial charge in [-0.3, -0.25) is 0 Å². The van der Waals surface area contributed by atoms with Crippen LogP contribution in [0.15, 0.2) is 0 Å². The van der Waals surface area contributed by atoms with Crippen LogP contribution in [-0.2, 0) is 9.53 Å². The van der Waals surface area contributed by atoms with Crippen molar-refractivity contribution in [2.75, 3.05) is 6.61 Å². The van der Waals surface area contributed by atoms with Crippen molar-refractivity contribution in [3.05, 3.63) is 0 Å². The number of hydrogen-bond donors (Lipinski definition) is 0. The van der Waals surface area contributed by atoms with Crippen LogP contribution in [-0.4, -0.2) is 19.0 Å². The van der Waals surface area contributed by atoms with Gasteiger partial charge < -0.3 is 9.53 Å². The second kappa shape index (κ2) is 2.10. The molecule has 9 heavy (non-hydrogen) atoms. The summed E-state index contributed by atoms with van der Waals surface area (Å²) in [5, 5.41) is 0. The topological polar surface area (TPSA) is 26.3 Å². The van der Waals surface area contributed by atoms with Gasteiger partial charge in [0, 0.05) is 5.41 Å². The van der Waals surface area contributed by atoms with Crippen LogP contribution in [0.1, 0.15) is 20.3 Å². The van der Waals surface area contributed by atoms with Crippen molar-refractivity contribution in [1.82, 2.24) is 0 Å². The molecule has 1 saturated heterocycles. The molecule has 0 amide bonds. The molecule has 0 saturated carbocycles. The Bertz CT molecular complexity index is 122. The van der Waals surface area contributed by atoms with E-state index in [0.717, 1.165) is 12.7 Å². The molecule has 2 nitrogen and oxygen atoms in total. The van der Waals surface area contributed by atoms with Crippen LogP contribution in [0, 0.1) is 5.41 Å². The van der Waals surface area contributed by atoms with E-state index in [2.05, 4.69) is 0 Å². The second-order valence-electron chi connectivity index (χ2n) is 3.10. The van der Waals surface area contributed by atoms with Gasteiger partial charge in [0.05, 0.1) is 12.7 Å². The SMILES string of the molecule is CC1CC(C)(C=O)CO1. The van der Waals surface area contributed by atoms with Crippen molar-refractivity contribution in [3.8, 4) is 0 Å². The molecule has 0 spiro atoms. The third-order valence-corrected chi connectivity index (χ3v) is 1.74. The zero-order valence-electron chi connectivity index (χ0n) is 5.89. The van der Waals surface area contributed by atoms with E-state index in [9.17, 15) is 4.79 Å². The third-order valence-electron chi connectivity index (χ3n) is 1.74. The van der Waals surface area contributed by atoms with E-state index in [1.165, 1.54) is 0 Å². The minimum Gasteiger partial charge on any atom is -0.377 e. The van der Waals surface area contributed by atoms with Crippen LogP contribution in [0.25, 0.3) is 0 Å². The highest BCUT2D eigenvalue weighted by molar-refractivity contribution is 5.59. The number of aldehydes is 1. The zero-order valence-corrected chi connectivity index (χ0v) is 5.89. The number of rotatable bonds is 1. The minimum atomic E-state index is -0.195. The maximum absolute atomic E-state index is 10.4. The standard InChI is InChI=1S/C7H12O2/c1-6-3-7(2,4-8)5-9-6/h4,6H,3,5H2,1-2H3. The molecular formula is C7H12O2. The van der Waals surface area contributed by atoms with Crippen LogP contribution in [0.5, 0.6) is 0 Å². The molecule has 0 N–H and O–H groups in total. The van der Waals surface area contributed by atoms with Gasteiger partial charge in [0.2, 0.25) is 0 Å². The Hall–Kier alpha value is -0.370. The Balaban J connectivity index is 2.54. The van der Waals surface area contributed by atoms with Gasteiger partial charge >= 0.3 is 0 Å². The van der Waals surface area contributed by atoms with Gasteiger partial charge in [-0.05, 0) is 13.3 Å². The molecule has 0 aliphatic carbocycles. The highest BCUT2D eigenvalue weighted by Crippen LogP contribution is 2.29. The molecule has 1 aliphatic rings. The maximum Gasteiger partial charge on any atom is 0.128 e. The predicted molar refractivity (Wildman–Crippen MR) is 34.2 cm³/mol. The third kappa shape index (κ3) is 1.30. The number of carbonyl (C=O) groups excluding carboxylic acids is 1. The summed E-state index contributed by atoms with van der Waals surface area (Å²) in [6.45, 7) is 4.52. The van der Waals surface area contributed by atoms with Crippen LogP contribution >= 0.6 is 0 Å². The summed E-state index contributed by atoms with van der Waals surface area (Å²) in [4.78, 5) is 10.4. The quantitative estimate of drug-likeness (QED) is 0.492. The highest BCUT2D eigenvalue weighted by Gasteiger charge is 2.33. The Morgan fingerprint density at radius 1 is 1.78 bits per heavy atom. The van der Waals surface area contributed by atoms with Gasteiger partial charge in [-0.15, -0.1) is 0 Å². The molecule has 1 rings (SSSR count). The van der Waals surface area contributed by atoms with E-state index in [0.29, 0.717) is 6.61 Å². The monoisotopic (exact) mass is 128 g/mol. The molecule has 0 radical (unpaired) electrons. The first-order chi connectivity index (χ1) is 4.16. The molecule has 2 unspecified atom stereocenters. The predicted octanol–water partition coefficient (Wildman–Crippen LogP) is 1.00. The summed E-state index contributed by atoms with van der Waals surface area (Å²) in [6, 6.07) is 0. The molecule has 2 heteroatoms. The van der Waals surface area contributed by atoms with Gasteiger partial charge in [0.1, 0.15) is 6.29 Å². The average molecular weight is 128 g/mol. The number of hydrogen-bond acceptors (Lipinski definition) is 2. The molecule has 52 valence electrons. The van der Waals surface area contributed by atoms with E-state index < -0.39 is 0 Å². The lowest BCUT2D eigenvalue weighted by Gasteiger charge is -2.10. The lowest BCUT2D eigenvalue weighted by atomic mass is 9.90. The Labute approximate surface area is 55.2 Å². The molecule has 0 bridgehead atoms. The van der Waals surface area contributed by atoms with Gasteiger partial charge in [-0.25, -0.2) is 0 Å². The van der Waals surface area contributed by atoms with E-state index in [1.54, 1.807) is 0 Å². The summed E-state index contributed by atoms with van der Waals surface area (Å²) in [7, 11) is 0. The highest BCUT2D eigenvalue weighted by atomic mass is 16.5. The Morgan fingerprint density at radius 2 is 2.44 bits per heavy atom. The van der Waals surface area contributed by atoms with Crippen molar-refractivity contribution >= 4 is 6.29 Å². The van der Waals surface area contributed by atoms with E-state index in [-0.39, 0.29) is 11.5 Å². The summed E-state index contributed by atoms with van der Waals surface area (Å²) in [6.07, 6.45) is 2.13. The lowest BCUT2D eigenvalue weighted by Crippen LogP contribution is -2.17. The lowest BCUT2D eigenvalue weighted by molar-refractivity contribution is -0.115. The largest absolute Gasteiger partial charge is 0.377 e. The van der Waals surface area contributed by atoms with Crippen molar-refractivity contribution in [2.45, 2.75) is 26.4 Å². The van der Waals surface area contributed by atoms with Gasteiger partial charge in [0.25, 0.3) is 0 Å². The smallest absolute Gasteiger partial charge is 0.128 e. The van der Waals surface area contributed by atoms with E-state index >= 15 is 0 Å². The summed E-state index contributed by atoms with van der Waals surface area (Å²) in [5.41, 5.74) is -0.195. The maximum atomic E-state index is 10.4. The minimum absolute atomic E-state index is 0.195. The number of ether oxygens (including phenoxy) is 1. The van der Waals surface area contributed by atoms with Crippen molar-refractivity contribution < 1.29 is 9.53 Å². The van der Waals surface area contributed by atoms with Gasteiger partial charge in [0.15, 0.2) is 0 Å². The van der Waals surface area contributed by atoms with Crippen molar-refractivity contribution in [2.24, 2.45) is 5.41 Å². The first-order valence-electron chi connectivity index (χ1n) is 3.24. The van der Waals surface area contributed by atoms with Crippen LogP contribution < -0.4 is 0 Å². The van der Waals surface area contributed by atoms with Crippen molar-refractivity contribution in [3.63, 3.8) is 0 Å². The van der Waals surface area contributed by atoms with Crippen LogP contribution in [0.2, 0.25) is 0 Å². The molecule has 0 aromatic rings. The summed E-state index contributed by atoms with van der Waals surface area (Å²) < 4.78 is 5.23. The normalized spacial score (nSPS) is 43.1. The molecule has 0 aromatic carbocycles. The first kappa shape index (κ1) is 6.75. The average Bonchev–Trinajstić information content (AvgIpc) is 2.13. The molecule has 2 atom stereocenters. The van der Waals surface area contributed by atoms with E-state index in [1.807, 2.05) is 13.8 Å². The summed E-state index contributed by atoms with van der Waals surface area (Å²) >= 11 is 0. The molecule has 1 heterocycles. The van der Waals surface area contributed by atoms with Crippen LogP contribution in [0.4, 0.5) is 0 Å².